The van der Waals surface area contributed by atoms with Gasteiger partial charge in [-0.15, -0.1) is 0 Å². The third-order valence-corrected chi connectivity index (χ3v) is 1.96. The number of fused-ring (bicyclic) bond motifs is 1. The van der Waals surface area contributed by atoms with Crippen molar-refractivity contribution < 1.29 is 0 Å². The van der Waals surface area contributed by atoms with Gasteiger partial charge in [-0.25, -0.2) is 9.78 Å². The maximum Gasteiger partial charge on any atom is 0.326 e. The quantitative estimate of drug-likeness (QED) is 0.618. The minimum Gasteiger partial charge on any atom is -0.304 e. The zero-order valence-electron chi connectivity index (χ0n) is 6.34. The third-order valence-electron chi connectivity index (χ3n) is 1.76. The maximum absolute atomic E-state index is 11.1. The van der Waals surface area contributed by atoms with Crippen LogP contribution < -0.4 is 5.69 Å². The predicted molar refractivity (Wildman–Crippen MR) is 46.3 cm³/mol. The molecule has 0 aliphatic rings. The van der Waals surface area contributed by atoms with Crippen LogP contribution in [-0.4, -0.2) is 14.5 Å². The van der Waals surface area contributed by atoms with Crippen LogP contribution >= 0.6 is 11.6 Å². The van der Waals surface area contributed by atoms with Crippen molar-refractivity contribution in [3.8, 4) is 0 Å². The van der Waals surface area contributed by atoms with Gasteiger partial charge < -0.3 is 4.98 Å². The molecule has 2 heterocycles. The van der Waals surface area contributed by atoms with Crippen LogP contribution in [0.25, 0.3) is 11.0 Å². The second-order valence-electron chi connectivity index (χ2n) is 2.51. The SMILES string of the molecule is Cn1c(=O)[nH]c2cnc(Cl)cc21. The number of halogens is 1. The van der Waals surface area contributed by atoms with Crippen LogP contribution in [0.4, 0.5) is 0 Å². The topological polar surface area (TPSA) is 50.7 Å². The summed E-state index contributed by atoms with van der Waals surface area (Å²) >= 11 is 5.66. The van der Waals surface area contributed by atoms with Gasteiger partial charge >= 0.3 is 5.69 Å². The standard InChI is InChI=1S/C7H6ClN3O/c1-11-5-2-6(8)9-3-4(5)10-7(11)12/h2-3H,1H3,(H,10,12). The molecule has 2 rings (SSSR count). The molecule has 0 saturated carbocycles. The lowest BCUT2D eigenvalue weighted by Gasteiger charge is -1.92. The molecule has 12 heavy (non-hydrogen) atoms. The highest BCUT2D eigenvalue weighted by Gasteiger charge is 2.02. The fraction of sp³-hybridized carbons (Fsp3) is 0.143. The van der Waals surface area contributed by atoms with E-state index < -0.39 is 0 Å². The Balaban J connectivity index is 2.98. The summed E-state index contributed by atoms with van der Waals surface area (Å²) in [6.07, 6.45) is 1.54. The van der Waals surface area contributed by atoms with Gasteiger partial charge in [-0.2, -0.15) is 0 Å². The van der Waals surface area contributed by atoms with Crippen LogP contribution in [0.2, 0.25) is 5.15 Å². The summed E-state index contributed by atoms with van der Waals surface area (Å²) in [7, 11) is 1.68. The molecular formula is C7H6ClN3O. The molecule has 5 heteroatoms. The fourth-order valence-electron chi connectivity index (χ4n) is 1.10. The van der Waals surface area contributed by atoms with Crippen LogP contribution in [0.3, 0.4) is 0 Å². The Bertz CT molecular complexity index is 485. The van der Waals surface area contributed by atoms with E-state index in [-0.39, 0.29) is 5.69 Å². The van der Waals surface area contributed by atoms with Gasteiger partial charge in [-0.3, -0.25) is 4.57 Å². The van der Waals surface area contributed by atoms with E-state index >= 15 is 0 Å². The lowest BCUT2D eigenvalue weighted by molar-refractivity contribution is 0.891. The Hall–Kier alpha value is -1.29. The van der Waals surface area contributed by atoms with E-state index in [1.807, 2.05) is 0 Å². The number of nitrogens with one attached hydrogen (secondary N) is 1. The summed E-state index contributed by atoms with van der Waals surface area (Å²) in [6.45, 7) is 0. The van der Waals surface area contributed by atoms with E-state index in [2.05, 4.69) is 9.97 Å². The Kier molecular flexibility index (Phi) is 1.44. The number of H-pyrrole nitrogens is 1. The van der Waals surface area contributed by atoms with Gasteiger partial charge in [0.2, 0.25) is 0 Å². The fourth-order valence-corrected chi connectivity index (χ4v) is 1.25. The normalized spacial score (nSPS) is 10.8. The van der Waals surface area contributed by atoms with Gasteiger partial charge in [0.15, 0.2) is 0 Å². The number of aromatic amines is 1. The Labute approximate surface area is 72.8 Å². The van der Waals surface area contributed by atoms with Gasteiger partial charge in [0.05, 0.1) is 17.2 Å². The number of hydrogen-bond donors (Lipinski definition) is 1. The third kappa shape index (κ3) is 0.921. The highest BCUT2D eigenvalue weighted by atomic mass is 35.5. The number of rotatable bonds is 0. The van der Waals surface area contributed by atoms with Gasteiger partial charge in [0.1, 0.15) is 5.15 Å². The molecule has 2 aromatic rings. The van der Waals surface area contributed by atoms with Crippen molar-refractivity contribution in [1.82, 2.24) is 14.5 Å². The second-order valence-corrected chi connectivity index (χ2v) is 2.90. The van der Waals surface area contributed by atoms with Crippen LogP contribution in [0.15, 0.2) is 17.1 Å². The minimum absolute atomic E-state index is 0.158. The number of pyridine rings is 1. The first-order valence-corrected chi connectivity index (χ1v) is 3.76. The van der Waals surface area contributed by atoms with E-state index in [0.717, 1.165) is 5.52 Å². The largest absolute Gasteiger partial charge is 0.326 e. The summed E-state index contributed by atoms with van der Waals surface area (Å²) in [5.41, 5.74) is 1.31. The van der Waals surface area contributed by atoms with Crippen LogP contribution in [0.5, 0.6) is 0 Å². The van der Waals surface area contributed by atoms with Crippen molar-refractivity contribution in [3.63, 3.8) is 0 Å². The average molecular weight is 184 g/mol. The average Bonchev–Trinajstić information content (AvgIpc) is 2.31. The van der Waals surface area contributed by atoms with Gasteiger partial charge in [-0.05, 0) is 0 Å². The highest BCUT2D eigenvalue weighted by molar-refractivity contribution is 6.29. The number of aryl methyl sites for hydroxylation is 1. The number of hydrogen-bond acceptors (Lipinski definition) is 2. The lowest BCUT2D eigenvalue weighted by atomic mass is 10.4. The predicted octanol–water partition coefficient (Wildman–Crippen LogP) is 0.915. The zero-order valence-corrected chi connectivity index (χ0v) is 7.09. The Morgan fingerprint density at radius 3 is 3.17 bits per heavy atom. The van der Waals surface area contributed by atoms with E-state index in [9.17, 15) is 4.79 Å². The molecule has 2 aromatic heterocycles. The summed E-state index contributed by atoms with van der Waals surface area (Å²) in [5.74, 6) is 0. The number of imidazole rings is 1. The molecule has 0 fully saturated rings. The first-order chi connectivity index (χ1) is 5.68. The molecule has 0 bridgehead atoms. The highest BCUT2D eigenvalue weighted by Crippen LogP contribution is 2.12. The first kappa shape index (κ1) is 7.36. The van der Waals surface area contributed by atoms with Gasteiger partial charge in [0.25, 0.3) is 0 Å². The maximum atomic E-state index is 11.1. The molecule has 0 aliphatic carbocycles. The lowest BCUT2D eigenvalue weighted by Crippen LogP contribution is -2.11. The molecule has 0 spiro atoms. The van der Waals surface area contributed by atoms with Crippen molar-refractivity contribution in [2.75, 3.05) is 0 Å². The molecule has 1 N–H and O–H groups in total. The molecule has 0 radical (unpaired) electrons. The molecule has 0 atom stereocenters. The van der Waals surface area contributed by atoms with Crippen molar-refractivity contribution >= 4 is 22.6 Å². The molecule has 0 aliphatic heterocycles. The molecule has 0 aromatic carbocycles. The molecule has 4 nitrogen and oxygen atoms in total. The monoisotopic (exact) mass is 183 g/mol. The Morgan fingerprint density at radius 2 is 2.42 bits per heavy atom. The molecule has 0 amide bonds. The molecule has 0 saturated heterocycles. The van der Waals surface area contributed by atoms with E-state index in [4.69, 9.17) is 11.6 Å². The van der Waals surface area contributed by atoms with Crippen molar-refractivity contribution in [2.45, 2.75) is 0 Å². The summed E-state index contributed by atoms with van der Waals surface area (Å²) < 4.78 is 1.49. The van der Waals surface area contributed by atoms with Crippen molar-refractivity contribution in [3.05, 3.63) is 27.9 Å². The summed E-state index contributed by atoms with van der Waals surface area (Å²) in [5, 5.41) is 0.386. The molecule has 62 valence electrons. The molecular weight excluding hydrogens is 178 g/mol. The first-order valence-electron chi connectivity index (χ1n) is 3.39. The number of nitrogens with zero attached hydrogens (tertiary/aromatic N) is 2. The second kappa shape index (κ2) is 2.35. The van der Waals surface area contributed by atoms with E-state index in [1.54, 1.807) is 19.3 Å². The van der Waals surface area contributed by atoms with Crippen LogP contribution in [-0.2, 0) is 7.05 Å². The van der Waals surface area contributed by atoms with Crippen LogP contribution in [0, 0.1) is 0 Å². The smallest absolute Gasteiger partial charge is 0.304 e. The van der Waals surface area contributed by atoms with E-state index in [0.29, 0.717) is 10.7 Å². The van der Waals surface area contributed by atoms with Crippen molar-refractivity contribution in [2.24, 2.45) is 7.05 Å². The zero-order chi connectivity index (χ0) is 8.72. The minimum atomic E-state index is -0.158. The van der Waals surface area contributed by atoms with Gasteiger partial charge in [0, 0.05) is 13.1 Å². The summed E-state index contributed by atoms with van der Waals surface area (Å²) in [6, 6.07) is 1.65. The van der Waals surface area contributed by atoms with Crippen molar-refractivity contribution in [1.29, 1.82) is 0 Å². The Morgan fingerprint density at radius 1 is 1.67 bits per heavy atom. The van der Waals surface area contributed by atoms with E-state index in [1.165, 1.54) is 4.57 Å². The molecule has 0 unspecified atom stereocenters. The summed E-state index contributed by atoms with van der Waals surface area (Å²) in [4.78, 5) is 17.6. The number of aromatic nitrogens is 3. The van der Waals surface area contributed by atoms with Gasteiger partial charge in [-0.1, -0.05) is 11.6 Å². The van der Waals surface area contributed by atoms with Crippen LogP contribution in [0.1, 0.15) is 0 Å².